The van der Waals surface area contributed by atoms with Crippen LogP contribution in [0, 0.1) is 5.82 Å². The Bertz CT molecular complexity index is 1060. The molecule has 2 heterocycles. The van der Waals surface area contributed by atoms with E-state index in [1.165, 1.54) is 24.4 Å². The Kier molecular flexibility index (Phi) is 4.80. The van der Waals surface area contributed by atoms with E-state index < -0.39 is 17.7 Å². The van der Waals surface area contributed by atoms with Crippen molar-refractivity contribution in [1.29, 1.82) is 0 Å². The average Bonchev–Trinajstić information content (AvgIpc) is 3.45. The van der Waals surface area contributed by atoms with Gasteiger partial charge in [0.25, 0.3) is 12.3 Å². The van der Waals surface area contributed by atoms with Crippen molar-refractivity contribution in [1.82, 2.24) is 19.9 Å². The van der Waals surface area contributed by atoms with E-state index in [9.17, 15) is 18.0 Å². The number of benzene rings is 1. The van der Waals surface area contributed by atoms with E-state index in [1.54, 1.807) is 12.1 Å². The standard InChI is InChI=1S/C21H21F3N4O/c1-21(2,13-5-7-14(22)8-6-13)11-25-20(29)15-10-26-28-17(18(23)24)9-16(12-3-4-12)27-19(15)28/h5-10,12,18H,3-4,11H2,1-2H3,(H,25,29). The van der Waals surface area contributed by atoms with Gasteiger partial charge in [-0.2, -0.15) is 5.10 Å². The molecule has 1 saturated carbocycles. The minimum atomic E-state index is -2.72. The number of alkyl halides is 2. The number of carbonyl (C=O) groups is 1. The molecule has 1 fully saturated rings. The second-order valence-corrected chi connectivity index (χ2v) is 8.05. The summed E-state index contributed by atoms with van der Waals surface area (Å²) in [5.74, 6) is -0.594. The summed E-state index contributed by atoms with van der Waals surface area (Å²) in [5, 5.41) is 6.80. The molecule has 1 amide bonds. The summed E-state index contributed by atoms with van der Waals surface area (Å²) in [6.07, 6.45) is 0.373. The van der Waals surface area contributed by atoms with E-state index in [0.717, 1.165) is 22.9 Å². The fourth-order valence-electron chi connectivity index (χ4n) is 3.31. The molecule has 0 bridgehead atoms. The lowest BCUT2D eigenvalue weighted by molar-refractivity contribution is 0.0947. The Morgan fingerprint density at radius 2 is 1.97 bits per heavy atom. The van der Waals surface area contributed by atoms with Crippen LogP contribution in [0.15, 0.2) is 36.5 Å². The maximum Gasteiger partial charge on any atom is 0.280 e. The molecule has 1 aliphatic carbocycles. The van der Waals surface area contributed by atoms with Crippen LogP contribution in [0.5, 0.6) is 0 Å². The summed E-state index contributed by atoms with van der Waals surface area (Å²) in [4.78, 5) is 17.2. The number of hydrogen-bond donors (Lipinski definition) is 1. The Hall–Kier alpha value is -2.90. The van der Waals surface area contributed by atoms with Crippen LogP contribution in [-0.4, -0.2) is 27.0 Å². The Morgan fingerprint density at radius 1 is 1.28 bits per heavy atom. The van der Waals surface area contributed by atoms with E-state index >= 15 is 0 Å². The van der Waals surface area contributed by atoms with Gasteiger partial charge < -0.3 is 5.32 Å². The number of amides is 1. The SMILES string of the molecule is CC(C)(CNC(=O)c1cnn2c(C(F)F)cc(C3CC3)nc12)c1ccc(F)cc1. The number of carbonyl (C=O) groups excluding carboxylic acids is 1. The van der Waals surface area contributed by atoms with Crippen LogP contribution in [0.1, 0.15) is 66.3 Å². The van der Waals surface area contributed by atoms with Crippen LogP contribution < -0.4 is 5.32 Å². The van der Waals surface area contributed by atoms with Gasteiger partial charge in [0, 0.05) is 23.6 Å². The third kappa shape index (κ3) is 3.83. The van der Waals surface area contributed by atoms with Crippen LogP contribution in [0.3, 0.4) is 0 Å². The van der Waals surface area contributed by atoms with Crippen molar-refractivity contribution < 1.29 is 18.0 Å². The molecule has 1 N–H and O–H groups in total. The van der Waals surface area contributed by atoms with Crippen molar-refractivity contribution in [3.05, 3.63) is 64.9 Å². The molecule has 1 aliphatic rings. The molecule has 29 heavy (non-hydrogen) atoms. The van der Waals surface area contributed by atoms with Crippen molar-refractivity contribution in [2.45, 2.75) is 44.4 Å². The highest BCUT2D eigenvalue weighted by Crippen LogP contribution is 2.40. The molecule has 5 nitrogen and oxygen atoms in total. The Morgan fingerprint density at radius 3 is 2.59 bits per heavy atom. The zero-order chi connectivity index (χ0) is 20.8. The molecule has 0 aliphatic heterocycles. The number of nitrogens with zero attached hydrogens (tertiary/aromatic N) is 3. The first kappa shape index (κ1) is 19.4. The predicted molar refractivity (Wildman–Crippen MR) is 102 cm³/mol. The molecule has 0 radical (unpaired) electrons. The van der Waals surface area contributed by atoms with Gasteiger partial charge in [0.1, 0.15) is 17.1 Å². The lowest BCUT2D eigenvalue weighted by Gasteiger charge is -2.25. The Balaban J connectivity index is 1.59. The Labute approximate surface area is 166 Å². The maximum atomic E-state index is 13.5. The van der Waals surface area contributed by atoms with E-state index in [-0.39, 0.29) is 35.2 Å². The smallest absolute Gasteiger partial charge is 0.280 e. The molecule has 4 rings (SSSR count). The summed E-state index contributed by atoms with van der Waals surface area (Å²) in [7, 11) is 0. The van der Waals surface area contributed by atoms with Gasteiger partial charge in [0.2, 0.25) is 0 Å². The van der Waals surface area contributed by atoms with Gasteiger partial charge in [0.15, 0.2) is 5.65 Å². The monoisotopic (exact) mass is 402 g/mol. The molecular weight excluding hydrogens is 381 g/mol. The molecular formula is C21H21F3N4O. The van der Waals surface area contributed by atoms with Crippen LogP contribution in [0.4, 0.5) is 13.2 Å². The number of rotatable bonds is 6. The number of aromatic nitrogens is 3. The highest BCUT2D eigenvalue weighted by atomic mass is 19.3. The summed E-state index contributed by atoms with van der Waals surface area (Å²) in [5.41, 5.74) is 1.03. The van der Waals surface area contributed by atoms with Gasteiger partial charge in [-0.05, 0) is 36.6 Å². The minimum Gasteiger partial charge on any atom is -0.351 e. The zero-order valence-corrected chi connectivity index (χ0v) is 16.1. The first-order valence-corrected chi connectivity index (χ1v) is 9.47. The fraction of sp³-hybridized carbons (Fsp3) is 0.381. The molecule has 0 saturated heterocycles. The fourth-order valence-corrected chi connectivity index (χ4v) is 3.31. The third-order valence-corrected chi connectivity index (χ3v) is 5.30. The predicted octanol–water partition coefficient (Wildman–Crippen LogP) is 4.39. The molecule has 152 valence electrons. The molecule has 2 aromatic heterocycles. The largest absolute Gasteiger partial charge is 0.351 e. The van der Waals surface area contributed by atoms with Crippen molar-refractivity contribution >= 4 is 11.6 Å². The maximum absolute atomic E-state index is 13.5. The van der Waals surface area contributed by atoms with Crippen LogP contribution in [-0.2, 0) is 5.41 Å². The van der Waals surface area contributed by atoms with Crippen molar-refractivity contribution in [2.75, 3.05) is 6.54 Å². The topological polar surface area (TPSA) is 59.3 Å². The second kappa shape index (κ2) is 7.17. The molecule has 8 heteroatoms. The number of nitrogens with one attached hydrogen (secondary N) is 1. The third-order valence-electron chi connectivity index (χ3n) is 5.30. The van der Waals surface area contributed by atoms with Gasteiger partial charge in [-0.15, -0.1) is 0 Å². The van der Waals surface area contributed by atoms with E-state index in [4.69, 9.17) is 0 Å². The molecule has 3 aromatic rings. The molecule has 0 atom stereocenters. The van der Waals surface area contributed by atoms with Crippen molar-refractivity contribution in [3.63, 3.8) is 0 Å². The second-order valence-electron chi connectivity index (χ2n) is 8.05. The van der Waals surface area contributed by atoms with Gasteiger partial charge in [-0.1, -0.05) is 26.0 Å². The summed E-state index contributed by atoms with van der Waals surface area (Å²) >= 11 is 0. The van der Waals surface area contributed by atoms with Gasteiger partial charge in [-0.25, -0.2) is 22.7 Å². The molecule has 0 spiro atoms. The van der Waals surface area contributed by atoms with Crippen LogP contribution in [0.25, 0.3) is 5.65 Å². The van der Waals surface area contributed by atoms with Gasteiger partial charge in [-0.3, -0.25) is 4.79 Å². The van der Waals surface area contributed by atoms with E-state index in [1.807, 2.05) is 13.8 Å². The average molecular weight is 402 g/mol. The van der Waals surface area contributed by atoms with E-state index in [0.29, 0.717) is 5.69 Å². The van der Waals surface area contributed by atoms with Crippen LogP contribution in [0.2, 0.25) is 0 Å². The number of halogens is 3. The van der Waals surface area contributed by atoms with Crippen LogP contribution >= 0.6 is 0 Å². The first-order valence-electron chi connectivity index (χ1n) is 9.47. The molecule has 0 unspecified atom stereocenters. The highest BCUT2D eigenvalue weighted by molar-refractivity contribution is 5.99. The normalized spacial score (nSPS) is 14.6. The summed E-state index contributed by atoms with van der Waals surface area (Å²) in [6.45, 7) is 4.13. The zero-order valence-electron chi connectivity index (χ0n) is 16.1. The van der Waals surface area contributed by atoms with Crippen molar-refractivity contribution in [2.24, 2.45) is 0 Å². The highest BCUT2D eigenvalue weighted by Gasteiger charge is 2.29. The number of fused-ring (bicyclic) bond motifs is 1. The van der Waals surface area contributed by atoms with Gasteiger partial charge >= 0.3 is 0 Å². The van der Waals surface area contributed by atoms with E-state index in [2.05, 4.69) is 15.4 Å². The quantitative estimate of drug-likeness (QED) is 0.665. The minimum absolute atomic E-state index is 0.141. The van der Waals surface area contributed by atoms with Crippen molar-refractivity contribution in [3.8, 4) is 0 Å². The lowest BCUT2D eigenvalue weighted by Crippen LogP contribution is -2.36. The van der Waals surface area contributed by atoms with Gasteiger partial charge in [0.05, 0.1) is 6.20 Å². The number of hydrogen-bond acceptors (Lipinski definition) is 3. The first-order chi connectivity index (χ1) is 13.8. The summed E-state index contributed by atoms with van der Waals surface area (Å²) < 4.78 is 41.2. The lowest BCUT2D eigenvalue weighted by atomic mass is 9.84. The molecule has 1 aromatic carbocycles. The summed E-state index contributed by atoms with van der Waals surface area (Å²) in [6, 6.07) is 7.48.